The molecule has 0 unspecified atom stereocenters. The molecule has 1 amide bonds. The Morgan fingerprint density at radius 2 is 2.10 bits per heavy atom. The fourth-order valence-electron chi connectivity index (χ4n) is 2.27. The van der Waals surface area contributed by atoms with Gasteiger partial charge in [-0.2, -0.15) is 0 Å². The number of ether oxygens (including phenoxy) is 1. The smallest absolute Gasteiger partial charge is 0.303 e. The SMILES string of the molecule is CCN1C(=O)COc2ccc(C(=O)CCCC(=O)O)cc21. The molecule has 112 valence electrons. The number of carboxylic acid groups (broad SMARTS) is 1. The summed E-state index contributed by atoms with van der Waals surface area (Å²) < 4.78 is 5.33. The molecule has 1 aromatic rings. The quantitative estimate of drug-likeness (QED) is 0.809. The van der Waals surface area contributed by atoms with Crippen LogP contribution in [0.15, 0.2) is 18.2 Å². The Morgan fingerprint density at radius 3 is 2.76 bits per heavy atom. The van der Waals surface area contributed by atoms with Gasteiger partial charge in [-0.15, -0.1) is 0 Å². The van der Waals surface area contributed by atoms with E-state index in [-0.39, 0.29) is 31.1 Å². The lowest BCUT2D eigenvalue weighted by atomic mass is 10.0. The second kappa shape index (κ2) is 6.39. The first kappa shape index (κ1) is 15.0. The van der Waals surface area contributed by atoms with Crippen molar-refractivity contribution in [2.45, 2.75) is 26.2 Å². The summed E-state index contributed by atoms with van der Waals surface area (Å²) in [7, 11) is 0. The van der Waals surface area contributed by atoms with Crippen LogP contribution in [0, 0.1) is 0 Å². The number of carbonyl (C=O) groups excluding carboxylic acids is 2. The van der Waals surface area contributed by atoms with Crippen LogP contribution >= 0.6 is 0 Å². The van der Waals surface area contributed by atoms with Crippen LogP contribution in [-0.2, 0) is 9.59 Å². The molecule has 0 aromatic heterocycles. The molecular weight excluding hydrogens is 274 g/mol. The molecular formula is C15H17NO5. The van der Waals surface area contributed by atoms with E-state index >= 15 is 0 Å². The normalized spacial score (nSPS) is 13.6. The highest BCUT2D eigenvalue weighted by atomic mass is 16.5. The molecule has 1 aromatic carbocycles. The van der Waals surface area contributed by atoms with E-state index in [2.05, 4.69) is 0 Å². The predicted octanol–water partition coefficient (Wildman–Crippen LogP) is 1.87. The van der Waals surface area contributed by atoms with E-state index in [1.807, 2.05) is 6.92 Å². The van der Waals surface area contributed by atoms with E-state index in [9.17, 15) is 14.4 Å². The summed E-state index contributed by atoms with van der Waals surface area (Å²) in [5.74, 6) is -0.600. The monoisotopic (exact) mass is 291 g/mol. The molecule has 1 N–H and O–H groups in total. The van der Waals surface area contributed by atoms with Gasteiger partial charge in [-0.25, -0.2) is 0 Å². The number of benzene rings is 1. The van der Waals surface area contributed by atoms with Crippen molar-refractivity contribution >= 4 is 23.3 Å². The molecule has 6 nitrogen and oxygen atoms in total. The number of anilines is 1. The summed E-state index contributed by atoms with van der Waals surface area (Å²) in [6, 6.07) is 4.96. The predicted molar refractivity (Wildman–Crippen MR) is 75.8 cm³/mol. The van der Waals surface area contributed by atoms with Gasteiger partial charge in [0.05, 0.1) is 5.69 Å². The van der Waals surface area contributed by atoms with Crippen LogP contribution in [0.4, 0.5) is 5.69 Å². The summed E-state index contributed by atoms with van der Waals surface area (Å²) in [5, 5.41) is 8.58. The van der Waals surface area contributed by atoms with Crippen LogP contribution in [0.1, 0.15) is 36.5 Å². The zero-order valence-electron chi connectivity index (χ0n) is 11.8. The lowest BCUT2D eigenvalue weighted by molar-refractivity contribution is -0.137. The molecule has 1 heterocycles. The minimum Gasteiger partial charge on any atom is -0.482 e. The molecule has 21 heavy (non-hydrogen) atoms. The van der Waals surface area contributed by atoms with E-state index in [4.69, 9.17) is 9.84 Å². The maximum Gasteiger partial charge on any atom is 0.303 e. The third-order valence-electron chi connectivity index (χ3n) is 3.33. The molecule has 0 fully saturated rings. The summed E-state index contributed by atoms with van der Waals surface area (Å²) in [6.07, 6.45) is 0.448. The number of hydrogen-bond acceptors (Lipinski definition) is 4. The van der Waals surface area contributed by atoms with Crippen LogP contribution in [0.5, 0.6) is 5.75 Å². The van der Waals surface area contributed by atoms with Crippen LogP contribution in [0.25, 0.3) is 0 Å². The average Bonchev–Trinajstić information content (AvgIpc) is 2.46. The number of rotatable bonds is 6. The maximum absolute atomic E-state index is 12.1. The Hall–Kier alpha value is -2.37. The van der Waals surface area contributed by atoms with Crippen LogP contribution in [-0.4, -0.2) is 35.9 Å². The lowest BCUT2D eigenvalue weighted by Crippen LogP contribution is -2.38. The largest absolute Gasteiger partial charge is 0.482 e. The molecule has 2 rings (SSSR count). The molecule has 0 radical (unpaired) electrons. The minimum atomic E-state index is -0.913. The van der Waals surface area contributed by atoms with Gasteiger partial charge < -0.3 is 14.7 Å². The van der Waals surface area contributed by atoms with Gasteiger partial charge in [0.1, 0.15) is 5.75 Å². The van der Waals surface area contributed by atoms with Crippen molar-refractivity contribution in [2.24, 2.45) is 0 Å². The van der Waals surface area contributed by atoms with Crippen molar-refractivity contribution in [3.63, 3.8) is 0 Å². The molecule has 0 aliphatic carbocycles. The van der Waals surface area contributed by atoms with Crippen LogP contribution in [0.2, 0.25) is 0 Å². The second-order valence-electron chi connectivity index (χ2n) is 4.78. The molecule has 0 spiro atoms. The van der Waals surface area contributed by atoms with Gasteiger partial charge in [0.25, 0.3) is 5.91 Å². The zero-order valence-corrected chi connectivity index (χ0v) is 11.8. The Kier molecular flexibility index (Phi) is 4.57. The fourth-order valence-corrected chi connectivity index (χ4v) is 2.27. The molecule has 0 saturated carbocycles. The Balaban J connectivity index is 2.16. The number of nitrogens with zero attached hydrogens (tertiary/aromatic N) is 1. The number of amides is 1. The van der Waals surface area contributed by atoms with Gasteiger partial charge in [-0.05, 0) is 31.5 Å². The standard InChI is InChI=1S/C15H17NO5/c1-2-16-11-8-10(12(17)4-3-5-15(19)20)6-7-13(11)21-9-14(16)18/h6-8H,2-5,9H2,1H3,(H,19,20). The van der Waals surface area contributed by atoms with E-state index in [0.29, 0.717) is 30.0 Å². The molecule has 0 saturated heterocycles. The van der Waals surface area contributed by atoms with Crippen molar-refractivity contribution < 1.29 is 24.2 Å². The Morgan fingerprint density at radius 1 is 1.33 bits per heavy atom. The van der Waals surface area contributed by atoms with Crippen molar-refractivity contribution in [1.29, 1.82) is 0 Å². The second-order valence-corrected chi connectivity index (χ2v) is 4.78. The van der Waals surface area contributed by atoms with Crippen molar-refractivity contribution in [1.82, 2.24) is 0 Å². The molecule has 1 aliphatic heterocycles. The molecule has 1 aliphatic rings. The van der Waals surface area contributed by atoms with Gasteiger partial charge >= 0.3 is 5.97 Å². The number of carboxylic acids is 1. The first-order valence-corrected chi connectivity index (χ1v) is 6.85. The maximum atomic E-state index is 12.1. The van der Waals surface area contributed by atoms with Crippen molar-refractivity contribution in [3.05, 3.63) is 23.8 Å². The van der Waals surface area contributed by atoms with Crippen LogP contribution < -0.4 is 9.64 Å². The van der Waals surface area contributed by atoms with Gasteiger partial charge in [0, 0.05) is 24.9 Å². The fraction of sp³-hybridized carbons (Fsp3) is 0.400. The van der Waals surface area contributed by atoms with Crippen molar-refractivity contribution in [3.8, 4) is 5.75 Å². The average molecular weight is 291 g/mol. The molecule has 6 heteroatoms. The number of hydrogen-bond donors (Lipinski definition) is 1. The van der Waals surface area contributed by atoms with Gasteiger partial charge in [0.15, 0.2) is 12.4 Å². The lowest BCUT2D eigenvalue weighted by Gasteiger charge is -2.28. The zero-order chi connectivity index (χ0) is 15.4. The topological polar surface area (TPSA) is 83.9 Å². The van der Waals surface area contributed by atoms with E-state index < -0.39 is 5.97 Å². The number of aliphatic carboxylic acids is 1. The Bertz CT molecular complexity index is 581. The molecule has 0 atom stereocenters. The first-order valence-electron chi connectivity index (χ1n) is 6.85. The summed E-state index contributed by atoms with van der Waals surface area (Å²) in [5.41, 5.74) is 1.06. The Labute approximate surface area is 122 Å². The number of fused-ring (bicyclic) bond motifs is 1. The number of likely N-dealkylation sites (N-methyl/N-ethyl adjacent to an activating group) is 1. The van der Waals surface area contributed by atoms with Gasteiger partial charge in [-0.3, -0.25) is 14.4 Å². The minimum absolute atomic E-state index is 0.00669. The highest BCUT2D eigenvalue weighted by Crippen LogP contribution is 2.33. The molecule has 0 bridgehead atoms. The summed E-state index contributed by atoms with van der Waals surface area (Å²) in [4.78, 5) is 35.8. The highest BCUT2D eigenvalue weighted by molar-refractivity contribution is 6.01. The van der Waals surface area contributed by atoms with Crippen LogP contribution in [0.3, 0.4) is 0 Å². The van der Waals surface area contributed by atoms with Crippen molar-refractivity contribution in [2.75, 3.05) is 18.1 Å². The van der Waals surface area contributed by atoms with Gasteiger partial charge in [-0.1, -0.05) is 0 Å². The third kappa shape index (κ3) is 3.39. The summed E-state index contributed by atoms with van der Waals surface area (Å²) >= 11 is 0. The number of ketones is 1. The number of Topliss-reactive ketones (excluding diaryl/α,β-unsaturated/α-hetero) is 1. The van der Waals surface area contributed by atoms with E-state index in [0.717, 1.165) is 0 Å². The first-order chi connectivity index (χ1) is 10.0. The van der Waals surface area contributed by atoms with Gasteiger partial charge in [0.2, 0.25) is 0 Å². The number of carbonyl (C=O) groups is 3. The summed E-state index contributed by atoms with van der Waals surface area (Å²) in [6.45, 7) is 2.37. The van der Waals surface area contributed by atoms with E-state index in [1.54, 1.807) is 23.1 Å². The third-order valence-corrected chi connectivity index (χ3v) is 3.33. The van der Waals surface area contributed by atoms with E-state index in [1.165, 1.54) is 0 Å². The highest BCUT2D eigenvalue weighted by Gasteiger charge is 2.25.